The molecule has 11 heavy (non-hydrogen) atoms. The van der Waals surface area contributed by atoms with Crippen molar-refractivity contribution in [2.24, 2.45) is 11.5 Å². The lowest BCUT2D eigenvalue weighted by Crippen LogP contribution is -2.19. The van der Waals surface area contributed by atoms with Crippen molar-refractivity contribution in [3.8, 4) is 0 Å². The molecule has 0 spiro atoms. The van der Waals surface area contributed by atoms with Gasteiger partial charge in [-0.25, -0.2) is 0 Å². The maximum Gasteiger partial charge on any atom is 0.150 e. The lowest BCUT2D eigenvalue weighted by atomic mass is 10.1. The molecule has 0 aliphatic heterocycles. The van der Waals surface area contributed by atoms with Gasteiger partial charge in [0.1, 0.15) is 6.29 Å². The van der Waals surface area contributed by atoms with Crippen LogP contribution < -0.4 is 11.5 Å². The molecule has 58 valence electrons. The molecule has 0 saturated heterocycles. The molecular formula is C8H10N2O. The molecule has 0 fully saturated rings. The molecule has 0 amide bonds. The van der Waals surface area contributed by atoms with Crippen LogP contribution in [0.25, 0.3) is 0 Å². The fourth-order valence-electron chi connectivity index (χ4n) is 0.797. The van der Waals surface area contributed by atoms with Crippen LogP contribution in [0.5, 0.6) is 0 Å². The Hall–Kier alpha value is -1.19. The smallest absolute Gasteiger partial charge is 0.150 e. The molecule has 1 aromatic carbocycles. The third-order valence-corrected chi connectivity index (χ3v) is 1.46. The van der Waals surface area contributed by atoms with E-state index >= 15 is 0 Å². The zero-order valence-corrected chi connectivity index (χ0v) is 6.03. The number of hydrogen-bond donors (Lipinski definition) is 2. The molecule has 1 aromatic rings. The fraction of sp³-hybridized carbons (Fsp3) is 0.125. The summed E-state index contributed by atoms with van der Waals surface area (Å²) in [4.78, 5) is 10.2. The maximum atomic E-state index is 10.2. The molecule has 0 radical (unpaired) electrons. The van der Waals surface area contributed by atoms with Gasteiger partial charge < -0.3 is 11.5 Å². The van der Waals surface area contributed by atoms with E-state index in [1.165, 1.54) is 0 Å². The molecule has 0 heterocycles. The molecular weight excluding hydrogens is 140 g/mol. The summed E-state index contributed by atoms with van der Waals surface area (Å²) in [7, 11) is 0. The van der Waals surface area contributed by atoms with Crippen molar-refractivity contribution in [2.45, 2.75) is 6.17 Å². The van der Waals surface area contributed by atoms with E-state index in [4.69, 9.17) is 11.5 Å². The zero-order chi connectivity index (χ0) is 8.27. The van der Waals surface area contributed by atoms with E-state index in [0.717, 1.165) is 11.8 Å². The van der Waals surface area contributed by atoms with Crippen molar-refractivity contribution < 1.29 is 4.79 Å². The largest absolute Gasteiger partial charge is 0.312 e. The van der Waals surface area contributed by atoms with Crippen molar-refractivity contribution in [1.29, 1.82) is 0 Å². The predicted molar refractivity (Wildman–Crippen MR) is 42.9 cm³/mol. The van der Waals surface area contributed by atoms with Gasteiger partial charge in [-0.3, -0.25) is 4.79 Å². The number of nitrogens with two attached hydrogens (primary N) is 2. The summed E-state index contributed by atoms with van der Waals surface area (Å²) in [5, 5.41) is 0. The molecule has 0 aliphatic rings. The maximum absolute atomic E-state index is 10.2. The van der Waals surface area contributed by atoms with Crippen LogP contribution in [0.3, 0.4) is 0 Å². The Morgan fingerprint density at radius 3 is 2.09 bits per heavy atom. The third-order valence-electron chi connectivity index (χ3n) is 1.46. The highest BCUT2D eigenvalue weighted by atomic mass is 16.1. The fourth-order valence-corrected chi connectivity index (χ4v) is 0.797. The lowest BCUT2D eigenvalue weighted by Gasteiger charge is -2.03. The van der Waals surface area contributed by atoms with Crippen LogP contribution in [0.2, 0.25) is 0 Å². The predicted octanol–water partition coefficient (Wildman–Crippen LogP) is 0.415. The highest BCUT2D eigenvalue weighted by Crippen LogP contribution is 2.05. The average molecular weight is 150 g/mol. The van der Waals surface area contributed by atoms with Crippen LogP contribution in [0.1, 0.15) is 22.1 Å². The second-order valence-electron chi connectivity index (χ2n) is 2.31. The third kappa shape index (κ3) is 1.86. The first-order chi connectivity index (χ1) is 5.24. The van der Waals surface area contributed by atoms with Crippen molar-refractivity contribution in [2.75, 3.05) is 0 Å². The van der Waals surface area contributed by atoms with E-state index in [0.29, 0.717) is 5.56 Å². The van der Waals surface area contributed by atoms with Gasteiger partial charge in [-0.15, -0.1) is 0 Å². The number of benzene rings is 1. The zero-order valence-electron chi connectivity index (χ0n) is 6.03. The molecule has 0 saturated carbocycles. The SMILES string of the molecule is NC(N)c1ccc(C=O)cc1. The quantitative estimate of drug-likeness (QED) is 0.474. The van der Waals surface area contributed by atoms with E-state index in [-0.39, 0.29) is 0 Å². The Kier molecular flexibility index (Phi) is 2.36. The van der Waals surface area contributed by atoms with Crippen molar-refractivity contribution in [3.05, 3.63) is 35.4 Å². The minimum Gasteiger partial charge on any atom is -0.312 e. The average Bonchev–Trinajstić information content (AvgIpc) is 2.05. The van der Waals surface area contributed by atoms with Gasteiger partial charge >= 0.3 is 0 Å². The number of aldehydes is 1. The van der Waals surface area contributed by atoms with Crippen LogP contribution >= 0.6 is 0 Å². The summed E-state index contributed by atoms with van der Waals surface area (Å²) in [6.45, 7) is 0. The van der Waals surface area contributed by atoms with E-state index in [9.17, 15) is 4.79 Å². The monoisotopic (exact) mass is 150 g/mol. The summed E-state index contributed by atoms with van der Waals surface area (Å²) in [5.41, 5.74) is 12.3. The highest BCUT2D eigenvalue weighted by Gasteiger charge is 1.97. The van der Waals surface area contributed by atoms with Crippen LogP contribution in [0.4, 0.5) is 0 Å². The molecule has 0 bridgehead atoms. The highest BCUT2D eigenvalue weighted by molar-refractivity contribution is 5.74. The van der Waals surface area contributed by atoms with Gasteiger partial charge in [0, 0.05) is 5.56 Å². The number of carbonyl (C=O) groups excluding carboxylic acids is 1. The Balaban J connectivity index is 2.91. The van der Waals surface area contributed by atoms with Crippen LogP contribution in [0, 0.1) is 0 Å². The van der Waals surface area contributed by atoms with Gasteiger partial charge in [0.15, 0.2) is 0 Å². The summed E-state index contributed by atoms with van der Waals surface area (Å²) in [5.74, 6) is 0. The normalized spacial score (nSPS) is 10.1. The molecule has 0 aliphatic carbocycles. The first-order valence-electron chi connectivity index (χ1n) is 3.30. The number of hydrogen-bond acceptors (Lipinski definition) is 3. The Morgan fingerprint density at radius 1 is 1.18 bits per heavy atom. The van der Waals surface area contributed by atoms with Gasteiger partial charge in [0.2, 0.25) is 0 Å². The summed E-state index contributed by atoms with van der Waals surface area (Å²) >= 11 is 0. The van der Waals surface area contributed by atoms with Crippen molar-refractivity contribution in [1.82, 2.24) is 0 Å². The Bertz CT molecular complexity index is 241. The Morgan fingerprint density at radius 2 is 1.73 bits per heavy atom. The van der Waals surface area contributed by atoms with E-state index in [1.807, 2.05) is 0 Å². The van der Waals surface area contributed by atoms with E-state index in [2.05, 4.69) is 0 Å². The topological polar surface area (TPSA) is 69.1 Å². The number of carbonyl (C=O) groups is 1. The second kappa shape index (κ2) is 3.27. The van der Waals surface area contributed by atoms with Gasteiger partial charge in [-0.2, -0.15) is 0 Å². The van der Waals surface area contributed by atoms with Crippen molar-refractivity contribution >= 4 is 6.29 Å². The van der Waals surface area contributed by atoms with Crippen LogP contribution in [-0.2, 0) is 0 Å². The van der Waals surface area contributed by atoms with Crippen molar-refractivity contribution in [3.63, 3.8) is 0 Å². The van der Waals surface area contributed by atoms with Gasteiger partial charge in [-0.1, -0.05) is 24.3 Å². The Labute approximate surface area is 65.0 Å². The number of rotatable bonds is 2. The second-order valence-corrected chi connectivity index (χ2v) is 2.31. The van der Waals surface area contributed by atoms with E-state index in [1.54, 1.807) is 24.3 Å². The molecule has 0 atom stereocenters. The molecule has 1 rings (SSSR count). The molecule has 3 heteroatoms. The molecule has 0 aromatic heterocycles. The van der Waals surface area contributed by atoms with E-state index < -0.39 is 6.17 Å². The first kappa shape index (κ1) is 7.91. The summed E-state index contributed by atoms with van der Waals surface area (Å²) in [6, 6.07) is 6.87. The standard InChI is InChI=1S/C8H10N2O/c9-8(10)7-3-1-6(5-11)2-4-7/h1-5,8H,9-10H2. The summed E-state index contributed by atoms with van der Waals surface area (Å²) < 4.78 is 0. The van der Waals surface area contributed by atoms with Gasteiger partial charge in [-0.05, 0) is 5.56 Å². The molecule has 4 N–H and O–H groups in total. The minimum atomic E-state index is -0.462. The van der Waals surface area contributed by atoms with Crippen LogP contribution in [0.15, 0.2) is 24.3 Å². The van der Waals surface area contributed by atoms with Gasteiger partial charge in [0.25, 0.3) is 0 Å². The van der Waals surface area contributed by atoms with Gasteiger partial charge in [0.05, 0.1) is 6.17 Å². The molecule has 3 nitrogen and oxygen atoms in total. The lowest BCUT2D eigenvalue weighted by molar-refractivity contribution is 0.112. The minimum absolute atomic E-state index is 0.462. The molecule has 0 unspecified atom stereocenters. The summed E-state index contributed by atoms with van der Waals surface area (Å²) in [6.07, 6.45) is 0.321. The first-order valence-corrected chi connectivity index (χ1v) is 3.30. The van der Waals surface area contributed by atoms with Crippen LogP contribution in [-0.4, -0.2) is 6.29 Å².